The molecule has 2 rings (SSSR count). The van der Waals surface area contributed by atoms with Crippen molar-refractivity contribution >= 4 is 33.2 Å². The Morgan fingerprint density at radius 3 is 2.62 bits per heavy atom. The van der Waals surface area contributed by atoms with E-state index in [4.69, 9.17) is 27.9 Å². The van der Waals surface area contributed by atoms with Gasteiger partial charge in [-0.2, -0.15) is 4.31 Å². The van der Waals surface area contributed by atoms with Crippen LogP contribution in [0.2, 0.25) is 5.02 Å². The average Bonchev–Trinajstić information content (AvgIpc) is 2.40. The lowest BCUT2D eigenvalue weighted by Gasteiger charge is -2.41. The van der Waals surface area contributed by atoms with E-state index in [1.54, 1.807) is 13.0 Å². The lowest BCUT2D eigenvalue weighted by atomic mass is 10.1. The SMILES string of the molecule is Cc1c(CCl)cc(Cl)cc1S(=O)(=O)N1CCOCC1(C)C. The summed E-state index contributed by atoms with van der Waals surface area (Å²) in [5.74, 6) is 0.224. The molecule has 4 nitrogen and oxygen atoms in total. The molecule has 118 valence electrons. The first kappa shape index (κ1) is 17.0. The van der Waals surface area contributed by atoms with Gasteiger partial charge in [-0.1, -0.05) is 11.6 Å². The summed E-state index contributed by atoms with van der Waals surface area (Å²) in [5.41, 5.74) is 0.790. The topological polar surface area (TPSA) is 46.6 Å². The van der Waals surface area contributed by atoms with Crippen LogP contribution in [-0.2, 0) is 20.6 Å². The Balaban J connectivity index is 2.56. The van der Waals surface area contributed by atoms with Crippen molar-refractivity contribution in [3.05, 3.63) is 28.3 Å². The molecule has 1 aromatic rings. The third kappa shape index (κ3) is 3.22. The fraction of sp³-hybridized carbons (Fsp3) is 0.571. The first-order chi connectivity index (χ1) is 9.70. The monoisotopic (exact) mass is 351 g/mol. The van der Waals surface area contributed by atoms with Crippen molar-refractivity contribution in [3.8, 4) is 0 Å². The van der Waals surface area contributed by atoms with Crippen LogP contribution in [-0.4, -0.2) is 38.0 Å². The van der Waals surface area contributed by atoms with Crippen LogP contribution < -0.4 is 0 Å². The number of alkyl halides is 1. The zero-order valence-corrected chi connectivity index (χ0v) is 14.6. The molecule has 1 heterocycles. The van der Waals surface area contributed by atoms with Crippen LogP contribution in [0.3, 0.4) is 0 Å². The van der Waals surface area contributed by atoms with E-state index < -0.39 is 15.6 Å². The number of morpholine rings is 1. The second-order valence-corrected chi connectivity index (χ2v) is 8.30. The van der Waals surface area contributed by atoms with Crippen molar-refractivity contribution in [2.24, 2.45) is 0 Å². The molecule has 0 saturated carbocycles. The van der Waals surface area contributed by atoms with Gasteiger partial charge in [0.15, 0.2) is 0 Å². The predicted octanol–water partition coefficient (Wildman–Crippen LogP) is 3.19. The standard InChI is InChI=1S/C14H19Cl2NO3S/c1-10-11(8-15)6-12(16)7-13(10)21(18,19)17-4-5-20-9-14(17,2)3/h6-7H,4-5,8-9H2,1-3H3. The van der Waals surface area contributed by atoms with Gasteiger partial charge in [0.25, 0.3) is 0 Å². The molecule has 1 saturated heterocycles. The predicted molar refractivity (Wildman–Crippen MR) is 84.5 cm³/mol. The third-order valence-corrected chi connectivity index (χ3v) is 6.46. The Labute approximate surface area is 136 Å². The minimum atomic E-state index is -3.65. The Morgan fingerprint density at radius 1 is 1.38 bits per heavy atom. The van der Waals surface area contributed by atoms with Gasteiger partial charge in [-0.3, -0.25) is 0 Å². The first-order valence-corrected chi connectivity index (χ1v) is 9.01. The van der Waals surface area contributed by atoms with Gasteiger partial charge in [0, 0.05) is 17.4 Å². The van der Waals surface area contributed by atoms with Gasteiger partial charge in [0.2, 0.25) is 10.0 Å². The molecule has 0 bridgehead atoms. The molecule has 0 atom stereocenters. The van der Waals surface area contributed by atoms with E-state index in [0.29, 0.717) is 30.3 Å². The van der Waals surface area contributed by atoms with E-state index in [9.17, 15) is 8.42 Å². The molecule has 0 spiro atoms. The Morgan fingerprint density at radius 2 is 2.05 bits per heavy atom. The highest BCUT2D eigenvalue weighted by molar-refractivity contribution is 7.89. The number of hydrogen-bond acceptors (Lipinski definition) is 3. The van der Waals surface area contributed by atoms with Gasteiger partial charge in [0.05, 0.1) is 23.6 Å². The molecule has 0 N–H and O–H groups in total. The largest absolute Gasteiger partial charge is 0.378 e. The minimum absolute atomic E-state index is 0.223. The van der Waals surface area contributed by atoms with Crippen molar-refractivity contribution in [1.29, 1.82) is 0 Å². The third-order valence-electron chi connectivity index (χ3n) is 3.71. The zero-order valence-electron chi connectivity index (χ0n) is 12.3. The maximum atomic E-state index is 13.0. The summed E-state index contributed by atoms with van der Waals surface area (Å²) in [7, 11) is -3.65. The molecule has 1 aromatic carbocycles. The van der Waals surface area contributed by atoms with Crippen molar-refractivity contribution < 1.29 is 13.2 Å². The average molecular weight is 352 g/mol. The number of hydrogen-bond donors (Lipinski definition) is 0. The number of nitrogens with zero attached hydrogens (tertiary/aromatic N) is 1. The molecule has 7 heteroatoms. The normalized spacial score (nSPS) is 19.7. The summed E-state index contributed by atoms with van der Waals surface area (Å²) in [6, 6.07) is 3.20. The molecule has 0 unspecified atom stereocenters. The Kier molecular flexibility index (Phi) is 4.90. The maximum Gasteiger partial charge on any atom is 0.244 e. The summed E-state index contributed by atoms with van der Waals surface area (Å²) < 4.78 is 32.9. The van der Waals surface area contributed by atoms with Crippen molar-refractivity contribution in [2.45, 2.75) is 37.1 Å². The van der Waals surface area contributed by atoms with Gasteiger partial charge >= 0.3 is 0 Å². The smallest absolute Gasteiger partial charge is 0.244 e. The van der Waals surface area contributed by atoms with Gasteiger partial charge in [-0.15, -0.1) is 11.6 Å². The number of halogens is 2. The highest BCUT2D eigenvalue weighted by Crippen LogP contribution is 2.32. The van der Waals surface area contributed by atoms with Crippen LogP contribution in [0.25, 0.3) is 0 Å². The summed E-state index contributed by atoms with van der Waals surface area (Å²) in [5, 5.41) is 0.376. The lowest BCUT2D eigenvalue weighted by molar-refractivity contribution is -0.00772. The van der Waals surface area contributed by atoms with Crippen LogP contribution in [0, 0.1) is 6.92 Å². The number of rotatable bonds is 3. The molecular formula is C14H19Cl2NO3S. The fourth-order valence-electron chi connectivity index (χ4n) is 2.52. The molecule has 0 radical (unpaired) electrons. The quantitative estimate of drug-likeness (QED) is 0.785. The van der Waals surface area contributed by atoms with Crippen molar-refractivity contribution in [1.82, 2.24) is 4.31 Å². The van der Waals surface area contributed by atoms with Crippen LogP contribution in [0.4, 0.5) is 0 Å². The molecule has 0 amide bonds. The first-order valence-electron chi connectivity index (χ1n) is 6.66. The lowest BCUT2D eigenvalue weighted by Crippen LogP contribution is -2.55. The van der Waals surface area contributed by atoms with E-state index in [1.165, 1.54) is 10.4 Å². The zero-order chi connectivity index (χ0) is 15.8. The molecule has 1 aliphatic rings. The highest BCUT2D eigenvalue weighted by atomic mass is 35.5. The van der Waals surface area contributed by atoms with Crippen molar-refractivity contribution in [2.75, 3.05) is 19.8 Å². The Hall–Kier alpha value is -0.330. The van der Waals surface area contributed by atoms with Crippen LogP contribution in [0.5, 0.6) is 0 Å². The number of benzene rings is 1. The molecule has 1 aliphatic heterocycles. The molecule has 1 fully saturated rings. The summed E-state index contributed by atoms with van der Waals surface area (Å²) in [6.07, 6.45) is 0. The molecule has 0 aromatic heterocycles. The van der Waals surface area contributed by atoms with E-state index >= 15 is 0 Å². The van der Waals surface area contributed by atoms with E-state index in [0.717, 1.165) is 5.56 Å². The second kappa shape index (κ2) is 6.05. The fourth-order valence-corrected chi connectivity index (χ4v) is 5.16. The van der Waals surface area contributed by atoms with E-state index in [1.807, 2.05) is 13.8 Å². The van der Waals surface area contributed by atoms with Crippen molar-refractivity contribution in [3.63, 3.8) is 0 Å². The molecule has 0 aliphatic carbocycles. The van der Waals surface area contributed by atoms with Gasteiger partial charge < -0.3 is 4.74 Å². The highest BCUT2D eigenvalue weighted by Gasteiger charge is 2.40. The van der Waals surface area contributed by atoms with E-state index in [2.05, 4.69) is 0 Å². The second-order valence-electron chi connectivity index (χ2n) is 5.76. The Bertz CT molecular complexity index is 644. The van der Waals surface area contributed by atoms with Crippen LogP contribution >= 0.6 is 23.2 Å². The number of ether oxygens (including phenoxy) is 1. The number of sulfonamides is 1. The van der Waals surface area contributed by atoms with Crippen LogP contribution in [0.1, 0.15) is 25.0 Å². The summed E-state index contributed by atoms with van der Waals surface area (Å²) in [6.45, 7) is 6.56. The maximum absolute atomic E-state index is 13.0. The molecular weight excluding hydrogens is 333 g/mol. The summed E-state index contributed by atoms with van der Waals surface area (Å²) in [4.78, 5) is 0.223. The minimum Gasteiger partial charge on any atom is -0.378 e. The van der Waals surface area contributed by atoms with Crippen LogP contribution in [0.15, 0.2) is 17.0 Å². The molecule has 21 heavy (non-hydrogen) atoms. The van der Waals surface area contributed by atoms with Gasteiger partial charge in [-0.05, 0) is 44.0 Å². The summed E-state index contributed by atoms with van der Waals surface area (Å²) >= 11 is 11.9. The van der Waals surface area contributed by atoms with Gasteiger partial charge in [0.1, 0.15) is 0 Å². The van der Waals surface area contributed by atoms with Gasteiger partial charge in [-0.25, -0.2) is 8.42 Å². The van der Waals surface area contributed by atoms with E-state index in [-0.39, 0.29) is 10.8 Å².